The van der Waals surface area contributed by atoms with Crippen molar-refractivity contribution in [1.29, 1.82) is 0 Å². The monoisotopic (exact) mass is 235 g/mol. The normalized spacial score (nSPS) is 23.6. The van der Waals surface area contributed by atoms with E-state index in [2.05, 4.69) is 10.3 Å². The first-order valence-electron chi connectivity index (χ1n) is 5.78. The van der Waals surface area contributed by atoms with Crippen LogP contribution in [-0.2, 0) is 9.53 Å². The summed E-state index contributed by atoms with van der Waals surface area (Å²) in [5, 5.41) is 2.74. The predicted molar refractivity (Wildman–Crippen MR) is 64.6 cm³/mol. The molecule has 3 N–H and O–H groups in total. The zero-order valence-electron chi connectivity index (χ0n) is 9.85. The minimum absolute atomic E-state index is 0.0109. The molecule has 0 spiro atoms. The minimum atomic E-state index is -0.397. The summed E-state index contributed by atoms with van der Waals surface area (Å²) in [6.07, 6.45) is 2.90. The van der Waals surface area contributed by atoms with Crippen LogP contribution in [0.2, 0.25) is 0 Å². The molecular weight excluding hydrogens is 218 g/mol. The van der Waals surface area contributed by atoms with Crippen molar-refractivity contribution < 1.29 is 9.53 Å². The van der Waals surface area contributed by atoms with E-state index in [1.54, 1.807) is 12.3 Å². The topological polar surface area (TPSA) is 77.2 Å². The second-order valence-electron chi connectivity index (χ2n) is 4.27. The zero-order valence-corrected chi connectivity index (χ0v) is 9.85. The van der Waals surface area contributed by atoms with Gasteiger partial charge < -0.3 is 15.8 Å². The maximum absolute atomic E-state index is 11.8. The van der Waals surface area contributed by atoms with Gasteiger partial charge in [0.15, 0.2) is 0 Å². The Bertz CT molecular complexity index is 391. The summed E-state index contributed by atoms with van der Waals surface area (Å²) in [7, 11) is 0. The van der Waals surface area contributed by atoms with Gasteiger partial charge in [0, 0.05) is 12.7 Å². The second kappa shape index (κ2) is 5.25. The molecule has 0 bridgehead atoms. The van der Waals surface area contributed by atoms with E-state index in [0.717, 1.165) is 18.4 Å². The molecule has 0 radical (unpaired) electrons. The van der Waals surface area contributed by atoms with Gasteiger partial charge in [-0.15, -0.1) is 0 Å². The number of pyridine rings is 1. The molecule has 1 fully saturated rings. The number of ether oxygens (including phenoxy) is 1. The molecular formula is C12H17N3O2. The molecule has 0 saturated carbocycles. The van der Waals surface area contributed by atoms with Gasteiger partial charge in [-0.3, -0.25) is 4.79 Å². The molecule has 5 nitrogen and oxygen atoms in total. The Morgan fingerprint density at radius 1 is 1.59 bits per heavy atom. The molecule has 0 unspecified atom stereocenters. The molecule has 2 heterocycles. The summed E-state index contributed by atoms with van der Waals surface area (Å²) in [4.78, 5) is 16.0. The third-order valence-corrected chi connectivity index (χ3v) is 2.83. The highest BCUT2D eigenvalue weighted by Gasteiger charge is 2.29. The quantitative estimate of drug-likeness (QED) is 0.813. The van der Waals surface area contributed by atoms with Crippen molar-refractivity contribution in [1.82, 2.24) is 4.98 Å². The van der Waals surface area contributed by atoms with Crippen LogP contribution in [0.5, 0.6) is 0 Å². The van der Waals surface area contributed by atoms with Crippen molar-refractivity contribution >= 4 is 11.7 Å². The zero-order chi connectivity index (χ0) is 12.3. The van der Waals surface area contributed by atoms with Crippen LogP contribution < -0.4 is 11.1 Å². The van der Waals surface area contributed by atoms with Crippen molar-refractivity contribution in [3.63, 3.8) is 0 Å². The number of nitrogens with zero attached hydrogens (tertiary/aromatic N) is 1. The smallest absolute Gasteiger partial charge is 0.254 e. The first-order chi connectivity index (χ1) is 8.19. The van der Waals surface area contributed by atoms with Crippen LogP contribution in [0.15, 0.2) is 18.3 Å². The third-order valence-electron chi connectivity index (χ3n) is 2.83. The number of aryl methyl sites for hydroxylation is 1. The highest BCUT2D eigenvalue weighted by Crippen LogP contribution is 2.20. The van der Waals surface area contributed by atoms with E-state index in [1.165, 1.54) is 0 Å². The van der Waals surface area contributed by atoms with Gasteiger partial charge in [0.2, 0.25) is 0 Å². The lowest BCUT2D eigenvalue weighted by Crippen LogP contribution is -2.30. The number of carbonyl (C=O) groups excluding carboxylic acids is 1. The predicted octanol–water partition coefficient (Wildman–Crippen LogP) is 0.835. The number of hydrogen-bond acceptors (Lipinski definition) is 4. The molecule has 5 heteroatoms. The number of rotatable bonds is 3. The number of nitrogens with one attached hydrogen (secondary N) is 1. The van der Waals surface area contributed by atoms with E-state index in [1.807, 2.05) is 13.0 Å². The Kier molecular flexibility index (Phi) is 3.71. The van der Waals surface area contributed by atoms with E-state index in [-0.39, 0.29) is 12.0 Å². The number of nitrogens with two attached hydrogens (primary N) is 1. The van der Waals surface area contributed by atoms with Gasteiger partial charge in [0.05, 0.1) is 6.10 Å². The Morgan fingerprint density at radius 3 is 3.00 bits per heavy atom. The van der Waals surface area contributed by atoms with Crippen LogP contribution in [-0.4, -0.2) is 29.6 Å². The van der Waals surface area contributed by atoms with Crippen molar-refractivity contribution in [2.75, 3.05) is 11.9 Å². The first-order valence-corrected chi connectivity index (χ1v) is 5.78. The van der Waals surface area contributed by atoms with Crippen LogP contribution in [0.3, 0.4) is 0 Å². The maximum atomic E-state index is 11.8. The SMILES string of the molecule is Cc1ccc(NC(=O)[C@@H]2CC[C@H](CN)O2)nc1. The molecule has 2 rings (SSSR count). The number of amides is 1. The van der Waals surface area contributed by atoms with E-state index in [0.29, 0.717) is 12.4 Å². The summed E-state index contributed by atoms with van der Waals surface area (Å²) >= 11 is 0. The number of carbonyl (C=O) groups is 1. The Morgan fingerprint density at radius 2 is 2.41 bits per heavy atom. The Balaban J connectivity index is 1.91. The van der Waals surface area contributed by atoms with Gasteiger partial charge in [-0.2, -0.15) is 0 Å². The fourth-order valence-corrected chi connectivity index (χ4v) is 1.82. The molecule has 0 aromatic carbocycles. The lowest BCUT2D eigenvalue weighted by molar-refractivity contribution is -0.126. The highest BCUT2D eigenvalue weighted by molar-refractivity contribution is 5.93. The first kappa shape index (κ1) is 12.0. The maximum Gasteiger partial charge on any atom is 0.254 e. The molecule has 17 heavy (non-hydrogen) atoms. The summed E-state index contributed by atoms with van der Waals surface area (Å²) in [5.74, 6) is 0.415. The minimum Gasteiger partial charge on any atom is -0.364 e. The van der Waals surface area contributed by atoms with Crippen molar-refractivity contribution in [2.45, 2.75) is 32.0 Å². The lowest BCUT2D eigenvalue weighted by atomic mass is 10.2. The molecule has 1 aliphatic heterocycles. The Labute approximate surface area is 100 Å². The number of anilines is 1. The van der Waals surface area contributed by atoms with Gasteiger partial charge >= 0.3 is 0 Å². The van der Waals surface area contributed by atoms with E-state index in [9.17, 15) is 4.79 Å². The molecule has 1 aromatic heterocycles. The summed E-state index contributed by atoms with van der Waals surface area (Å²) < 4.78 is 5.50. The highest BCUT2D eigenvalue weighted by atomic mass is 16.5. The summed E-state index contributed by atoms with van der Waals surface area (Å²) in [5.41, 5.74) is 6.55. The van der Waals surface area contributed by atoms with Crippen LogP contribution >= 0.6 is 0 Å². The van der Waals surface area contributed by atoms with Gasteiger partial charge in [0.1, 0.15) is 11.9 Å². The van der Waals surface area contributed by atoms with Crippen molar-refractivity contribution in [2.24, 2.45) is 5.73 Å². The van der Waals surface area contributed by atoms with Gasteiger partial charge in [-0.05, 0) is 31.4 Å². The number of hydrogen-bond donors (Lipinski definition) is 2. The molecule has 1 aromatic rings. The molecule has 1 amide bonds. The van der Waals surface area contributed by atoms with Crippen molar-refractivity contribution in [3.05, 3.63) is 23.9 Å². The number of aromatic nitrogens is 1. The molecule has 92 valence electrons. The fourth-order valence-electron chi connectivity index (χ4n) is 1.82. The van der Waals surface area contributed by atoms with Gasteiger partial charge in [-0.1, -0.05) is 6.07 Å². The van der Waals surface area contributed by atoms with Crippen molar-refractivity contribution in [3.8, 4) is 0 Å². The second-order valence-corrected chi connectivity index (χ2v) is 4.27. The summed E-state index contributed by atoms with van der Waals surface area (Å²) in [6.45, 7) is 2.41. The average molecular weight is 235 g/mol. The Hall–Kier alpha value is -1.46. The van der Waals surface area contributed by atoms with Crippen LogP contribution in [0.4, 0.5) is 5.82 Å². The van der Waals surface area contributed by atoms with Crippen LogP contribution in [0.25, 0.3) is 0 Å². The lowest BCUT2D eigenvalue weighted by Gasteiger charge is -2.12. The van der Waals surface area contributed by atoms with Crippen LogP contribution in [0, 0.1) is 6.92 Å². The molecule has 0 aliphatic carbocycles. The van der Waals surface area contributed by atoms with E-state index in [4.69, 9.17) is 10.5 Å². The molecule has 2 atom stereocenters. The van der Waals surface area contributed by atoms with Gasteiger partial charge in [0.25, 0.3) is 5.91 Å². The standard InChI is InChI=1S/C12H17N3O2/c1-8-2-5-11(14-7-8)15-12(16)10-4-3-9(6-13)17-10/h2,5,7,9-10H,3-4,6,13H2,1H3,(H,14,15,16)/t9-,10+/m1/s1. The largest absolute Gasteiger partial charge is 0.364 e. The molecule has 1 saturated heterocycles. The van der Waals surface area contributed by atoms with Crippen LogP contribution in [0.1, 0.15) is 18.4 Å². The fraction of sp³-hybridized carbons (Fsp3) is 0.500. The van der Waals surface area contributed by atoms with E-state index >= 15 is 0 Å². The molecule has 1 aliphatic rings. The van der Waals surface area contributed by atoms with E-state index < -0.39 is 6.10 Å². The average Bonchev–Trinajstić information content (AvgIpc) is 2.81. The third kappa shape index (κ3) is 3.01. The summed E-state index contributed by atoms with van der Waals surface area (Å²) in [6, 6.07) is 3.68. The van der Waals surface area contributed by atoms with Gasteiger partial charge in [-0.25, -0.2) is 4.98 Å².